The highest BCUT2D eigenvalue weighted by atomic mass is 16.3. The van der Waals surface area contributed by atoms with Crippen LogP contribution < -0.4 is 0 Å². The highest BCUT2D eigenvalue weighted by molar-refractivity contribution is 5.95. The zero-order valence-corrected chi connectivity index (χ0v) is 9.47. The average molecular weight is 230 g/mol. The summed E-state index contributed by atoms with van der Waals surface area (Å²) in [6.45, 7) is 0.618. The molecule has 1 aromatic carbocycles. The summed E-state index contributed by atoms with van der Waals surface area (Å²) >= 11 is 0. The van der Waals surface area contributed by atoms with Crippen molar-refractivity contribution in [2.45, 2.75) is 25.3 Å². The Labute approximate surface area is 100 Å². The summed E-state index contributed by atoms with van der Waals surface area (Å²) in [6.07, 6.45) is 2.66. The number of nitriles is 1. The van der Waals surface area contributed by atoms with E-state index in [9.17, 15) is 9.90 Å². The molecule has 2 rings (SSSR count). The summed E-state index contributed by atoms with van der Waals surface area (Å²) in [5, 5.41) is 18.4. The smallest absolute Gasteiger partial charge is 0.255 e. The number of aromatic hydroxyl groups is 1. The third-order valence-corrected chi connectivity index (χ3v) is 3.01. The van der Waals surface area contributed by atoms with Gasteiger partial charge in [0.15, 0.2) is 0 Å². The lowest BCUT2D eigenvalue weighted by atomic mass is 10.0. The molecule has 4 heteroatoms. The van der Waals surface area contributed by atoms with E-state index in [0.29, 0.717) is 12.1 Å². The van der Waals surface area contributed by atoms with Crippen LogP contribution >= 0.6 is 0 Å². The van der Waals surface area contributed by atoms with Gasteiger partial charge in [0.05, 0.1) is 6.07 Å². The van der Waals surface area contributed by atoms with Crippen LogP contribution in [-0.4, -0.2) is 28.5 Å². The lowest BCUT2D eigenvalue weighted by Crippen LogP contribution is -2.42. The maximum atomic E-state index is 12.2. The normalized spacial score (nSPS) is 19.7. The topological polar surface area (TPSA) is 64.3 Å². The molecule has 0 spiro atoms. The number of benzene rings is 1. The third kappa shape index (κ3) is 2.39. The molecule has 1 atom stereocenters. The highest BCUT2D eigenvalue weighted by Gasteiger charge is 2.27. The van der Waals surface area contributed by atoms with E-state index in [4.69, 9.17) is 5.26 Å². The molecule has 0 radical (unpaired) electrons. The van der Waals surface area contributed by atoms with Crippen LogP contribution in [0.1, 0.15) is 29.6 Å². The Hall–Kier alpha value is -2.02. The molecule has 1 saturated heterocycles. The van der Waals surface area contributed by atoms with Crippen LogP contribution in [0.4, 0.5) is 0 Å². The van der Waals surface area contributed by atoms with Crippen LogP contribution in [0, 0.1) is 11.3 Å². The Bertz CT molecular complexity index is 465. The number of rotatable bonds is 1. The van der Waals surface area contributed by atoms with E-state index in [1.54, 1.807) is 17.0 Å². The van der Waals surface area contributed by atoms with Gasteiger partial charge < -0.3 is 10.0 Å². The van der Waals surface area contributed by atoms with E-state index in [-0.39, 0.29) is 17.7 Å². The third-order valence-electron chi connectivity index (χ3n) is 3.01. The van der Waals surface area contributed by atoms with Crippen molar-refractivity contribution in [3.05, 3.63) is 29.8 Å². The predicted octanol–water partition coefficient (Wildman–Crippen LogP) is 1.91. The van der Waals surface area contributed by atoms with Crippen molar-refractivity contribution < 1.29 is 9.90 Å². The van der Waals surface area contributed by atoms with Crippen LogP contribution in [0.15, 0.2) is 24.3 Å². The average Bonchev–Trinajstić information content (AvgIpc) is 2.38. The largest absolute Gasteiger partial charge is 0.508 e. The Morgan fingerprint density at radius 1 is 1.47 bits per heavy atom. The molecule has 1 heterocycles. The van der Waals surface area contributed by atoms with Crippen molar-refractivity contribution in [3.8, 4) is 11.8 Å². The van der Waals surface area contributed by atoms with Crippen molar-refractivity contribution in [2.75, 3.05) is 6.54 Å². The molecule has 1 fully saturated rings. The molecular formula is C13H14N2O2. The molecule has 1 unspecified atom stereocenters. The van der Waals surface area contributed by atoms with Gasteiger partial charge in [-0.15, -0.1) is 0 Å². The van der Waals surface area contributed by atoms with Gasteiger partial charge >= 0.3 is 0 Å². The quantitative estimate of drug-likeness (QED) is 0.801. The molecule has 4 nitrogen and oxygen atoms in total. The first-order chi connectivity index (χ1) is 8.22. The standard InChI is InChI=1S/C13H14N2O2/c14-9-11-5-1-2-7-15(11)13(17)10-4-3-6-12(16)8-10/h3-4,6,8,11,16H,1-2,5,7H2. The molecule has 0 saturated carbocycles. The van der Waals surface area contributed by atoms with Gasteiger partial charge in [0.2, 0.25) is 0 Å². The van der Waals surface area contributed by atoms with Crippen LogP contribution in [0.5, 0.6) is 5.75 Å². The lowest BCUT2D eigenvalue weighted by Gasteiger charge is -2.31. The van der Waals surface area contributed by atoms with E-state index < -0.39 is 0 Å². The highest BCUT2D eigenvalue weighted by Crippen LogP contribution is 2.20. The number of carbonyl (C=O) groups excluding carboxylic acids is 1. The number of likely N-dealkylation sites (tertiary alicyclic amines) is 1. The molecule has 0 aromatic heterocycles. The molecule has 88 valence electrons. The second-order valence-corrected chi connectivity index (χ2v) is 4.19. The number of phenolic OH excluding ortho intramolecular Hbond substituents is 1. The van der Waals surface area contributed by atoms with Crippen LogP contribution in [0.3, 0.4) is 0 Å². The van der Waals surface area contributed by atoms with E-state index >= 15 is 0 Å². The lowest BCUT2D eigenvalue weighted by molar-refractivity contribution is 0.0670. The number of carbonyl (C=O) groups is 1. The molecule has 1 aliphatic rings. The second-order valence-electron chi connectivity index (χ2n) is 4.19. The first kappa shape index (κ1) is 11.5. The number of hydrogen-bond acceptors (Lipinski definition) is 3. The number of piperidine rings is 1. The molecule has 1 aliphatic heterocycles. The number of nitrogens with zero attached hydrogens (tertiary/aromatic N) is 2. The van der Waals surface area contributed by atoms with Gasteiger partial charge in [-0.3, -0.25) is 4.79 Å². The van der Waals surface area contributed by atoms with Crippen molar-refractivity contribution >= 4 is 5.91 Å². The minimum atomic E-state index is -0.335. The molecule has 1 amide bonds. The Morgan fingerprint density at radius 2 is 2.29 bits per heavy atom. The summed E-state index contributed by atoms with van der Waals surface area (Å²) in [6, 6.07) is 8.08. The molecule has 0 bridgehead atoms. The van der Waals surface area contributed by atoms with Crippen LogP contribution in [-0.2, 0) is 0 Å². The van der Waals surface area contributed by atoms with Gasteiger partial charge in [-0.05, 0) is 37.5 Å². The van der Waals surface area contributed by atoms with Gasteiger partial charge in [0, 0.05) is 12.1 Å². The number of phenols is 1. The summed E-state index contributed by atoms with van der Waals surface area (Å²) in [5.41, 5.74) is 0.437. The van der Waals surface area contributed by atoms with Crippen molar-refractivity contribution in [3.63, 3.8) is 0 Å². The first-order valence-corrected chi connectivity index (χ1v) is 5.72. The fraction of sp³-hybridized carbons (Fsp3) is 0.385. The summed E-state index contributed by atoms with van der Waals surface area (Å²) in [4.78, 5) is 13.8. The second kappa shape index (κ2) is 4.88. The van der Waals surface area contributed by atoms with Gasteiger partial charge in [0.25, 0.3) is 5.91 Å². The van der Waals surface area contributed by atoms with E-state index in [1.807, 2.05) is 0 Å². The van der Waals surface area contributed by atoms with Crippen LogP contribution in [0.2, 0.25) is 0 Å². The minimum absolute atomic E-state index is 0.0707. The van der Waals surface area contributed by atoms with Crippen LogP contribution in [0.25, 0.3) is 0 Å². The zero-order valence-electron chi connectivity index (χ0n) is 9.47. The zero-order chi connectivity index (χ0) is 12.3. The number of amides is 1. The Kier molecular flexibility index (Phi) is 3.29. The van der Waals surface area contributed by atoms with E-state index in [1.165, 1.54) is 12.1 Å². The fourth-order valence-electron chi connectivity index (χ4n) is 2.11. The Morgan fingerprint density at radius 3 is 3.00 bits per heavy atom. The molecule has 17 heavy (non-hydrogen) atoms. The van der Waals surface area contributed by atoms with Gasteiger partial charge in [0.1, 0.15) is 11.8 Å². The van der Waals surface area contributed by atoms with Gasteiger partial charge in [-0.25, -0.2) is 0 Å². The fourth-order valence-corrected chi connectivity index (χ4v) is 2.11. The summed E-state index contributed by atoms with van der Waals surface area (Å²) in [7, 11) is 0. The van der Waals surface area contributed by atoms with Gasteiger partial charge in [-0.2, -0.15) is 5.26 Å². The molecule has 1 aromatic rings. The predicted molar refractivity (Wildman–Crippen MR) is 62.4 cm³/mol. The minimum Gasteiger partial charge on any atom is -0.508 e. The summed E-state index contributed by atoms with van der Waals surface area (Å²) < 4.78 is 0. The SMILES string of the molecule is N#CC1CCCCN1C(=O)c1cccc(O)c1. The molecular weight excluding hydrogens is 216 g/mol. The van der Waals surface area contributed by atoms with Crippen molar-refractivity contribution in [1.82, 2.24) is 4.90 Å². The maximum absolute atomic E-state index is 12.2. The monoisotopic (exact) mass is 230 g/mol. The Balaban J connectivity index is 2.22. The number of hydrogen-bond donors (Lipinski definition) is 1. The van der Waals surface area contributed by atoms with Crippen molar-refractivity contribution in [1.29, 1.82) is 5.26 Å². The van der Waals surface area contributed by atoms with Gasteiger partial charge in [-0.1, -0.05) is 6.07 Å². The summed E-state index contributed by atoms with van der Waals surface area (Å²) in [5.74, 6) is -0.103. The van der Waals surface area contributed by atoms with Crippen molar-refractivity contribution in [2.24, 2.45) is 0 Å². The maximum Gasteiger partial charge on any atom is 0.255 e. The molecule has 0 aliphatic carbocycles. The van der Waals surface area contributed by atoms with E-state index in [0.717, 1.165) is 19.3 Å². The van der Waals surface area contributed by atoms with E-state index in [2.05, 4.69) is 6.07 Å². The first-order valence-electron chi connectivity index (χ1n) is 5.72. The molecule has 1 N–H and O–H groups in total.